The minimum atomic E-state index is -0.955. The molecular weight excluding hydrogens is 257 g/mol. The molecule has 0 saturated carbocycles. The van der Waals surface area contributed by atoms with Crippen molar-refractivity contribution in [2.45, 2.75) is 24.9 Å². The van der Waals surface area contributed by atoms with Crippen molar-refractivity contribution in [2.24, 2.45) is 0 Å². The molecular formula is C10H12FN5O3. The van der Waals surface area contributed by atoms with Crippen molar-refractivity contribution in [3.63, 3.8) is 0 Å². The molecule has 3 rings (SSSR count). The van der Waals surface area contributed by atoms with Crippen molar-refractivity contribution in [3.05, 3.63) is 12.4 Å². The molecule has 9 heteroatoms. The highest BCUT2D eigenvalue weighted by atomic mass is 19.1. The topological polar surface area (TPSA) is 119 Å². The van der Waals surface area contributed by atoms with Gasteiger partial charge in [-0.2, -0.15) is 14.4 Å². The molecule has 0 aromatic carbocycles. The van der Waals surface area contributed by atoms with E-state index in [1.54, 1.807) is 0 Å². The largest absolute Gasteiger partial charge is 0.394 e. The molecule has 19 heavy (non-hydrogen) atoms. The Kier molecular flexibility index (Phi) is 2.81. The van der Waals surface area contributed by atoms with E-state index < -0.39 is 24.5 Å². The fraction of sp³-hybridized carbons (Fsp3) is 0.500. The predicted octanol–water partition coefficient (Wildman–Crippen LogP) is -0.812. The number of hydrogen-bond donors (Lipinski definition) is 3. The number of aromatic nitrogens is 4. The van der Waals surface area contributed by atoms with Crippen LogP contribution in [0.25, 0.3) is 11.2 Å². The highest BCUT2D eigenvalue weighted by Gasteiger charge is 2.35. The third kappa shape index (κ3) is 1.91. The van der Waals surface area contributed by atoms with Crippen LogP contribution in [0.4, 0.5) is 10.2 Å². The molecule has 1 aliphatic heterocycles. The van der Waals surface area contributed by atoms with Crippen molar-refractivity contribution in [1.29, 1.82) is 0 Å². The van der Waals surface area contributed by atoms with Crippen molar-refractivity contribution in [1.82, 2.24) is 19.5 Å². The summed E-state index contributed by atoms with van der Waals surface area (Å²) < 4.78 is 20.1. The zero-order valence-electron chi connectivity index (χ0n) is 9.77. The van der Waals surface area contributed by atoms with Gasteiger partial charge >= 0.3 is 6.08 Å². The molecule has 0 radical (unpaired) electrons. The number of nitrogen functional groups attached to an aromatic ring is 1. The summed E-state index contributed by atoms with van der Waals surface area (Å²) in [7, 11) is 0. The van der Waals surface area contributed by atoms with E-state index in [1.807, 2.05) is 0 Å². The first-order valence-electron chi connectivity index (χ1n) is 5.70. The minimum Gasteiger partial charge on any atom is -0.394 e. The van der Waals surface area contributed by atoms with Crippen LogP contribution in [0.1, 0.15) is 12.6 Å². The lowest BCUT2D eigenvalue weighted by molar-refractivity contribution is -0.0432. The smallest absolute Gasteiger partial charge is 0.312 e. The highest BCUT2D eigenvalue weighted by molar-refractivity contribution is 5.81. The second-order valence-electron chi connectivity index (χ2n) is 4.32. The van der Waals surface area contributed by atoms with E-state index in [4.69, 9.17) is 15.6 Å². The summed E-state index contributed by atoms with van der Waals surface area (Å²) >= 11 is 0. The number of rotatable bonds is 2. The highest BCUT2D eigenvalue weighted by Crippen LogP contribution is 2.31. The molecule has 1 fully saturated rings. The number of halogens is 1. The Morgan fingerprint density at radius 3 is 3.00 bits per heavy atom. The molecule has 2 aromatic heterocycles. The molecule has 4 N–H and O–H groups in total. The summed E-state index contributed by atoms with van der Waals surface area (Å²) in [6.45, 7) is -0.296. The maximum absolute atomic E-state index is 13.2. The molecule has 1 unspecified atom stereocenters. The standard InChI is InChI=1S/C10H12FN5O3/c11-10-14-8(12)7-9(15-10)16(3-13-7)6-1-4(18)5(2-17)19-6/h3-6,17-18H,1-2H2,(H2,12,14,15)/t4-,5+,6?/m0/s1. The van der Waals surface area contributed by atoms with E-state index in [1.165, 1.54) is 10.9 Å². The molecule has 1 aliphatic rings. The van der Waals surface area contributed by atoms with Gasteiger partial charge < -0.3 is 20.7 Å². The minimum absolute atomic E-state index is 0.0569. The van der Waals surface area contributed by atoms with Crippen LogP contribution in [-0.4, -0.2) is 48.5 Å². The Bertz CT molecular complexity index is 618. The van der Waals surface area contributed by atoms with Crippen molar-refractivity contribution in [3.8, 4) is 0 Å². The number of imidazole rings is 1. The van der Waals surface area contributed by atoms with Crippen LogP contribution in [0.3, 0.4) is 0 Å². The quantitative estimate of drug-likeness (QED) is 0.610. The number of hydrogen-bond acceptors (Lipinski definition) is 7. The van der Waals surface area contributed by atoms with E-state index in [2.05, 4.69) is 15.0 Å². The van der Waals surface area contributed by atoms with Gasteiger partial charge in [0, 0.05) is 6.42 Å². The molecule has 8 nitrogen and oxygen atoms in total. The third-order valence-electron chi connectivity index (χ3n) is 3.12. The van der Waals surface area contributed by atoms with Crippen LogP contribution in [0.2, 0.25) is 0 Å². The van der Waals surface area contributed by atoms with Crippen LogP contribution in [0.5, 0.6) is 0 Å². The van der Waals surface area contributed by atoms with Crippen LogP contribution >= 0.6 is 0 Å². The molecule has 0 bridgehead atoms. The Balaban J connectivity index is 2.02. The maximum Gasteiger partial charge on any atom is 0.312 e. The maximum atomic E-state index is 13.2. The van der Waals surface area contributed by atoms with Gasteiger partial charge in [-0.05, 0) is 0 Å². The lowest BCUT2D eigenvalue weighted by Gasteiger charge is -2.13. The summed E-state index contributed by atoms with van der Waals surface area (Å²) in [6.07, 6.45) is -1.35. The molecule has 2 aromatic rings. The van der Waals surface area contributed by atoms with Gasteiger partial charge in [-0.15, -0.1) is 0 Å². The number of aliphatic hydroxyl groups excluding tert-OH is 2. The fourth-order valence-corrected chi connectivity index (χ4v) is 2.17. The second-order valence-corrected chi connectivity index (χ2v) is 4.32. The van der Waals surface area contributed by atoms with Gasteiger partial charge in [0.1, 0.15) is 12.3 Å². The predicted molar refractivity (Wildman–Crippen MR) is 61.3 cm³/mol. The summed E-state index contributed by atoms with van der Waals surface area (Å²) in [6, 6.07) is 0. The molecule has 102 valence electrons. The van der Waals surface area contributed by atoms with E-state index in [-0.39, 0.29) is 30.0 Å². The first kappa shape index (κ1) is 12.2. The number of nitrogens with zero attached hydrogens (tertiary/aromatic N) is 4. The third-order valence-corrected chi connectivity index (χ3v) is 3.12. The normalized spacial score (nSPS) is 27.2. The van der Waals surface area contributed by atoms with Gasteiger partial charge in [0.05, 0.1) is 19.0 Å². The average Bonchev–Trinajstić information content (AvgIpc) is 2.92. The average molecular weight is 269 g/mol. The number of fused-ring (bicyclic) bond motifs is 1. The Morgan fingerprint density at radius 1 is 1.53 bits per heavy atom. The van der Waals surface area contributed by atoms with E-state index in [0.29, 0.717) is 0 Å². The zero-order valence-corrected chi connectivity index (χ0v) is 9.77. The lowest BCUT2D eigenvalue weighted by Crippen LogP contribution is -2.24. The second kappa shape index (κ2) is 4.37. The summed E-state index contributed by atoms with van der Waals surface area (Å²) in [5.41, 5.74) is 6.02. The van der Waals surface area contributed by atoms with Crippen LogP contribution < -0.4 is 5.73 Å². The van der Waals surface area contributed by atoms with Crippen molar-refractivity contribution < 1.29 is 19.3 Å². The van der Waals surface area contributed by atoms with Crippen LogP contribution in [0.15, 0.2) is 6.33 Å². The van der Waals surface area contributed by atoms with Crippen LogP contribution in [-0.2, 0) is 4.74 Å². The van der Waals surface area contributed by atoms with E-state index in [9.17, 15) is 9.50 Å². The molecule has 0 spiro atoms. The molecule has 3 atom stereocenters. The summed E-state index contributed by atoms with van der Waals surface area (Å²) in [5.74, 6) is -0.0569. The monoisotopic (exact) mass is 269 g/mol. The Morgan fingerprint density at radius 2 is 2.32 bits per heavy atom. The Hall–Kier alpha value is -1.84. The zero-order chi connectivity index (χ0) is 13.6. The van der Waals surface area contributed by atoms with Crippen LogP contribution in [0, 0.1) is 6.08 Å². The number of aliphatic hydroxyl groups is 2. The van der Waals surface area contributed by atoms with Gasteiger partial charge in [0.15, 0.2) is 17.0 Å². The van der Waals surface area contributed by atoms with E-state index in [0.717, 1.165) is 0 Å². The molecule has 1 saturated heterocycles. The van der Waals surface area contributed by atoms with Crippen molar-refractivity contribution >= 4 is 17.0 Å². The first-order chi connectivity index (χ1) is 9.10. The van der Waals surface area contributed by atoms with Gasteiger partial charge in [-0.3, -0.25) is 4.57 Å². The SMILES string of the molecule is Nc1nc(F)nc2c1ncn2C1C[C@H](O)[C@@H](CO)O1. The molecule has 0 amide bonds. The summed E-state index contributed by atoms with van der Waals surface area (Å²) in [4.78, 5) is 11.0. The van der Waals surface area contributed by atoms with Gasteiger partial charge in [0.25, 0.3) is 0 Å². The Labute approximate surface area is 106 Å². The fourth-order valence-electron chi connectivity index (χ4n) is 2.17. The molecule has 3 heterocycles. The lowest BCUT2D eigenvalue weighted by atomic mass is 10.2. The number of anilines is 1. The van der Waals surface area contributed by atoms with Gasteiger partial charge in [-0.25, -0.2) is 4.98 Å². The van der Waals surface area contributed by atoms with Gasteiger partial charge in [0.2, 0.25) is 0 Å². The number of nitrogens with two attached hydrogens (primary N) is 1. The van der Waals surface area contributed by atoms with Crippen molar-refractivity contribution in [2.75, 3.05) is 12.3 Å². The summed E-state index contributed by atoms with van der Waals surface area (Å²) in [5, 5.41) is 18.7. The van der Waals surface area contributed by atoms with E-state index >= 15 is 0 Å². The molecule has 0 aliphatic carbocycles. The van der Waals surface area contributed by atoms with Gasteiger partial charge in [-0.1, -0.05) is 0 Å². The number of ether oxygens (including phenoxy) is 1. The first-order valence-corrected chi connectivity index (χ1v) is 5.70.